The third-order valence-corrected chi connectivity index (χ3v) is 2.98. The molecule has 1 aliphatic carbocycles. The number of hydrogen-bond donors (Lipinski definition) is 1. The summed E-state index contributed by atoms with van der Waals surface area (Å²) in [4.78, 5) is 4.22. The lowest BCUT2D eigenvalue weighted by Crippen LogP contribution is -2.02. The Hall–Kier alpha value is -1.84. The molecule has 0 bridgehead atoms. The zero-order chi connectivity index (χ0) is 11.8. The molecule has 1 aromatic carbocycles. The Balaban J connectivity index is 1.88. The van der Waals surface area contributed by atoms with Gasteiger partial charge in [-0.1, -0.05) is 6.07 Å². The molecule has 3 nitrogen and oxygen atoms in total. The van der Waals surface area contributed by atoms with Crippen molar-refractivity contribution in [2.75, 3.05) is 5.32 Å². The predicted octanol–water partition coefficient (Wildman–Crippen LogP) is 3.41. The average Bonchev–Trinajstić information content (AvgIpc) is 3.03. The van der Waals surface area contributed by atoms with Crippen LogP contribution in [0.15, 0.2) is 30.6 Å². The largest absolute Gasteiger partial charge is 0.323 e. The van der Waals surface area contributed by atoms with E-state index in [4.69, 9.17) is 0 Å². The first-order valence-electron chi connectivity index (χ1n) is 5.80. The van der Waals surface area contributed by atoms with Crippen molar-refractivity contribution < 1.29 is 4.39 Å². The van der Waals surface area contributed by atoms with E-state index >= 15 is 0 Å². The van der Waals surface area contributed by atoms with Crippen molar-refractivity contribution in [2.24, 2.45) is 0 Å². The molecule has 0 spiro atoms. The van der Waals surface area contributed by atoms with E-state index in [9.17, 15) is 4.39 Å². The number of hydrogen-bond acceptors (Lipinski definition) is 2. The number of anilines is 2. The van der Waals surface area contributed by atoms with Crippen LogP contribution < -0.4 is 5.32 Å². The van der Waals surface area contributed by atoms with Gasteiger partial charge >= 0.3 is 0 Å². The summed E-state index contributed by atoms with van der Waals surface area (Å²) in [5.41, 5.74) is 1.39. The zero-order valence-electron chi connectivity index (χ0n) is 9.65. The van der Waals surface area contributed by atoms with Crippen LogP contribution in [0.25, 0.3) is 0 Å². The molecule has 0 unspecified atom stereocenters. The molecule has 1 aromatic heterocycles. The highest BCUT2D eigenvalue weighted by molar-refractivity contribution is 5.55. The van der Waals surface area contributed by atoms with E-state index in [-0.39, 0.29) is 5.82 Å². The molecule has 0 radical (unpaired) electrons. The molecule has 1 aliphatic rings. The Morgan fingerprint density at radius 3 is 2.94 bits per heavy atom. The lowest BCUT2D eigenvalue weighted by atomic mass is 10.2. The highest BCUT2D eigenvalue weighted by Crippen LogP contribution is 2.37. The highest BCUT2D eigenvalue weighted by Gasteiger charge is 2.25. The second-order valence-electron chi connectivity index (χ2n) is 4.50. The summed E-state index contributed by atoms with van der Waals surface area (Å²) in [5, 5.41) is 3.05. The molecule has 0 saturated heterocycles. The smallest absolute Gasteiger partial charge is 0.207 e. The fraction of sp³-hybridized carbons (Fsp3) is 0.308. The van der Waals surface area contributed by atoms with E-state index in [2.05, 4.69) is 14.9 Å². The maximum Gasteiger partial charge on any atom is 0.207 e. The molecule has 1 fully saturated rings. The Morgan fingerprint density at radius 2 is 2.24 bits per heavy atom. The monoisotopic (exact) mass is 231 g/mol. The number of benzene rings is 1. The summed E-state index contributed by atoms with van der Waals surface area (Å²) < 4.78 is 15.8. The first-order valence-corrected chi connectivity index (χ1v) is 5.80. The fourth-order valence-electron chi connectivity index (χ4n) is 1.90. The van der Waals surface area contributed by atoms with Crippen LogP contribution in [0.1, 0.15) is 24.4 Å². The Labute approximate surface area is 99.3 Å². The van der Waals surface area contributed by atoms with Crippen molar-refractivity contribution >= 4 is 11.6 Å². The predicted molar refractivity (Wildman–Crippen MR) is 64.9 cm³/mol. The number of nitrogens with one attached hydrogen (secondary N) is 1. The van der Waals surface area contributed by atoms with Crippen molar-refractivity contribution in [3.05, 3.63) is 42.0 Å². The molecule has 1 saturated carbocycles. The van der Waals surface area contributed by atoms with Gasteiger partial charge in [-0.2, -0.15) is 0 Å². The molecule has 17 heavy (non-hydrogen) atoms. The number of halogens is 1. The average molecular weight is 231 g/mol. The first-order chi connectivity index (χ1) is 8.24. The lowest BCUT2D eigenvalue weighted by molar-refractivity contribution is 0.629. The number of rotatable bonds is 3. The van der Waals surface area contributed by atoms with Gasteiger partial charge in [0.15, 0.2) is 0 Å². The van der Waals surface area contributed by atoms with E-state index in [1.54, 1.807) is 12.3 Å². The quantitative estimate of drug-likeness (QED) is 0.877. The second-order valence-corrected chi connectivity index (χ2v) is 4.50. The Bertz CT molecular complexity index is 543. The Morgan fingerprint density at radius 1 is 1.41 bits per heavy atom. The van der Waals surface area contributed by atoms with Crippen LogP contribution in [0.5, 0.6) is 0 Å². The van der Waals surface area contributed by atoms with Gasteiger partial charge in [-0.15, -0.1) is 0 Å². The van der Waals surface area contributed by atoms with Crippen molar-refractivity contribution in [3.63, 3.8) is 0 Å². The first kappa shape index (κ1) is 10.3. The highest BCUT2D eigenvalue weighted by atomic mass is 19.1. The van der Waals surface area contributed by atoms with Gasteiger partial charge in [0.1, 0.15) is 5.82 Å². The zero-order valence-corrected chi connectivity index (χ0v) is 9.65. The molecule has 0 amide bonds. The van der Waals surface area contributed by atoms with Gasteiger partial charge < -0.3 is 9.88 Å². The number of aryl methyl sites for hydroxylation is 1. The van der Waals surface area contributed by atoms with E-state index in [1.165, 1.54) is 18.9 Å². The van der Waals surface area contributed by atoms with E-state index in [0.717, 1.165) is 11.5 Å². The molecule has 3 rings (SSSR count). The van der Waals surface area contributed by atoms with E-state index < -0.39 is 0 Å². The van der Waals surface area contributed by atoms with Gasteiger partial charge in [-0.05, 0) is 37.5 Å². The molecular weight excluding hydrogens is 217 g/mol. The SMILES string of the molecule is Cc1ccc(Nc2nccn2C2CC2)c(F)c1. The number of imidazole rings is 1. The van der Waals surface area contributed by atoms with Gasteiger partial charge in [0, 0.05) is 18.4 Å². The molecule has 4 heteroatoms. The van der Waals surface area contributed by atoms with Crippen molar-refractivity contribution in [3.8, 4) is 0 Å². The summed E-state index contributed by atoms with van der Waals surface area (Å²) in [5.74, 6) is 0.477. The van der Waals surface area contributed by atoms with Gasteiger partial charge in [0.2, 0.25) is 5.95 Å². The summed E-state index contributed by atoms with van der Waals surface area (Å²) in [6.45, 7) is 1.87. The molecule has 2 aromatic rings. The van der Waals surface area contributed by atoms with Gasteiger partial charge in [0.25, 0.3) is 0 Å². The standard InChI is InChI=1S/C13H14FN3/c1-9-2-5-12(11(14)8-9)16-13-15-6-7-17(13)10-3-4-10/h2,5-8,10H,3-4H2,1H3,(H,15,16). The van der Waals surface area contributed by atoms with Crippen molar-refractivity contribution in [1.82, 2.24) is 9.55 Å². The summed E-state index contributed by atoms with van der Waals surface area (Å²) in [6.07, 6.45) is 6.04. The minimum absolute atomic E-state index is 0.240. The normalized spacial score (nSPS) is 14.9. The maximum absolute atomic E-state index is 13.7. The minimum atomic E-state index is -0.240. The molecule has 0 aliphatic heterocycles. The molecule has 88 valence electrons. The molecule has 1 heterocycles. The number of aromatic nitrogens is 2. The van der Waals surface area contributed by atoms with Gasteiger partial charge in [-0.3, -0.25) is 0 Å². The van der Waals surface area contributed by atoms with E-state index in [1.807, 2.05) is 19.2 Å². The van der Waals surface area contributed by atoms with Gasteiger partial charge in [0.05, 0.1) is 5.69 Å². The summed E-state index contributed by atoms with van der Waals surface area (Å²) in [7, 11) is 0. The van der Waals surface area contributed by atoms with Crippen LogP contribution in [0.4, 0.5) is 16.0 Å². The van der Waals surface area contributed by atoms with Crippen LogP contribution in [-0.4, -0.2) is 9.55 Å². The van der Waals surface area contributed by atoms with Gasteiger partial charge in [-0.25, -0.2) is 9.37 Å². The Kier molecular flexibility index (Phi) is 2.35. The van der Waals surface area contributed by atoms with E-state index in [0.29, 0.717) is 11.7 Å². The van der Waals surface area contributed by atoms with Crippen LogP contribution in [-0.2, 0) is 0 Å². The fourth-order valence-corrected chi connectivity index (χ4v) is 1.90. The molecule has 1 N–H and O–H groups in total. The van der Waals surface area contributed by atoms with Crippen molar-refractivity contribution in [2.45, 2.75) is 25.8 Å². The number of nitrogens with zero attached hydrogens (tertiary/aromatic N) is 2. The summed E-state index contributed by atoms with van der Waals surface area (Å²) >= 11 is 0. The van der Waals surface area contributed by atoms with Crippen molar-refractivity contribution in [1.29, 1.82) is 0 Å². The third kappa shape index (κ3) is 2.02. The van der Waals surface area contributed by atoms with Crippen LogP contribution in [0.3, 0.4) is 0 Å². The third-order valence-electron chi connectivity index (χ3n) is 2.98. The van der Waals surface area contributed by atoms with Crippen LogP contribution in [0, 0.1) is 12.7 Å². The maximum atomic E-state index is 13.7. The minimum Gasteiger partial charge on any atom is -0.323 e. The molecular formula is C13H14FN3. The van der Waals surface area contributed by atoms with Crippen LogP contribution >= 0.6 is 0 Å². The second kappa shape index (κ2) is 3.87. The molecule has 0 atom stereocenters. The summed E-state index contributed by atoms with van der Waals surface area (Å²) in [6, 6.07) is 5.69. The topological polar surface area (TPSA) is 29.9 Å². The lowest BCUT2D eigenvalue weighted by Gasteiger charge is -2.09. The van der Waals surface area contributed by atoms with Crippen LogP contribution in [0.2, 0.25) is 0 Å².